The molecule has 2 heterocycles. The van der Waals surface area contributed by atoms with Crippen LogP contribution in [0.25, 0.3) is 10.9 Å². The van der Waals surface area contributed by atoms with Crippen LogP contribution < -0.4 is 5.32 Å². The number of nitrogens with one attached hydrogen (secondary N) is 2. The molecule has 0 unspecified atom stereocenters. The lowest BCUT2D eigenvalue weighted by molar-refractivity contribution is -0.134. The van der Waals surface area contributed by atoms with Gasteiger partial charge in [0, 0.05) is 71.1 Å². The van der Waals surface area contributed by atoms with Gasteiger partial charge in [0.1, 0.15) is 5.82 Å². The van der Waals surface area contributed by atoms with E-state index in [-0.39, 0.29) is 42.1 Å². The third-order valence-electron chi connectivity index (χ3n) is 8.51. The number of aromatic amines is 1. The molecule has 1 aromatic heterocycles. The van der Waals surface area contributed by atoms with E-state index < -0.39 is 0 Å². The Morgan fingerprint density at radius 2 is 1.95 bits per heavy atom. The summed E-state index contributed by atoms with van der Waals surface area (Å²) in [6, 6.07) is 12.9. The third kappa shape index (κ3) is 5.74. The number of amides is 2. The molecule has 3 aromatic rings. The van der Waals surface area contributed by atoms with Gasteiger partial charge in [-0.1, -0.05) is 23.7 Å². The summed E-state index contributed by atoms with van der Waals surface area (Å²) >= 11 is 6.21. The summed E-state index contributed by atoms with van der Waals surface area (Å²) < 4.78 is 13.8. The lowest BCUT2D eigenvalue weighted by Gasteiger charge is -2.45. The maximum Gasteiger partial charge on any atom is 0.223 e. The van der Waals surface area contributed by atoms with Crippen LogP contribution in [0.15, 0.2) is 42.5 Å². The van der Waals surface area contributed by atoms with Crippen molar-refractivity contribution in [1.29, 1.82) is 0 Å². The van der Waals surface area contributed by atoms with Gasteiger partial charge in [0.05, 0.1) is 0 Å². The molecule has 2 N–H and O–H groups in total. The first-order chi connectivity index (χ1) is 18.2. The number of likely N-dealkylation sites (N-methyl/N-ethyl adjacent to an activating group) is 1. The van der Waals surface area contributed by atoms with Crippen LogP contribution in [0.4, 0.5) is 4.39 Å². The summed E-state index contributed by atoms with van der Waals surface area (Å²) in [7, 11) is 4.26. The van der Waals surface area contributed by atoms with Gasteiger partial charge in [0.15, 0.2) is 0 Å². The third-order valence-corrected chi connectivity index (χ3v) is 8.74. The Morgan fingerprint density at radius 1 is 1.16 bits per heavy atom. The fraction of sp³-hybridized carbons (Fsp3) is 0.467. The average molecular weight is 539 g/mol. The Hall–Kier alpha value is -2.90. The molecule has 0 atom stereocenters. The summed E-state index contributed by atoms with van der Waals surface area (Å²) in [5.41, 5.74) is 4.21. The topological polar surface area (TPSA) is 68.4 Å². The van der Waals surface area contributed by atoms with Crippen molar-refractivity contribution in [1.82, 2.24) is 20.1 Å². The van der Waals surface area contributed by atoms with Crippen LogP contribution in [0, 0.1) is 5.82 Å². The Bertz CT molecular complexity index is 1330. The molecule has 202 valence electrons. The van der Waals surface area contributed by atoms with Gasteiger partial charge in [-0.05, 0) is 82.1 Å². The zero-order chi connectivity index (χ0) is 26.9. The highest BCUT2D eigenvalue weighted by Gasteiger charge is 2.37. The monoisotopic (exact) mass is 538 g/mol. The molecule has 1 fully saturated rings. The van der Waals surface area contributed by atoms with Crippen LogP contribution in [0.3, 0.4) is 0 Å². The smallest absolute Gasteiger partial charge is 0.223 e. The lowest BCUT2D eigenvalue weighted by atomic mass is 9.75. The van der Waals surface area contributed by atoms with Gasteiger partial charge < -0.3 is 20.1 Å². The highest BCUT2D eigenvalue weighted by atomic mass is 35.5. The quantitative estimate of drug-likeness (QED) is 0.433. The van der Waals surface area contributed by atoms with E-state index in [9.17, 15) is 14.0 Å². The standard InChI is InChI=1S/C30H36ClFN4O2/c1-35(2)30(18-20-4-3-5-21(31)16-20)13-10-23(11-14-30)33-28(37)8-9-29(38)36-15-12-27-25(19-36)24-17-22(32)6-7-26(24)34-27/h3-7,16-17,23,34H,8-15,18-19H2,1-2H3,(H,33,37). The zero-order valence-electron chi connectivity index (χ0n) is 22.2. The van der Waals surface area contributed by atoms with E-state index >= 15 is 0 Å². The van der Waals surface area contributed by atoms with Crippen LogP contribution in [-0.2, 0) is 29.0 Å². The van der Waals surface area contributed by atoms with Crippen molar-refractivity contribution >= 4 is 34.3 Å². The Morgan fingerprint density at radius 3 is 2.68 bits per heavy atom. The second-order valence-corrected chi connectivity index (χ2v) is 11.5. The number of carbonyl (C=O) groups is 2. The fourth-order valence-electron chi connectivity index (χ4n) is 6.19. The number of benzene rings is 2. The fourth-order valence-corrected chi connectivity index (χ4v) is 6.40. The number of nitrogens with zero attached hydrogens (tertiary/aromatic N) is 2. The van der Waals surface area contributed by atoms with E-state index in [4.69, 9.17) is 11.6 Å². The first-order valence-electron chi connectivity index (χ1n) is 13.5. The van der Waals surface area contributed by atoms with Crippen molar-refractivity contribution in [2.75, 3.05) is 20.6 Å². The van der Waals surface area contributed by atoms with Gasteiger partial charge >= 0.3 is 0 Å². The number of hydrogen-bond donors (Lipinski definition) is 2. The predicted molar refractivity (Wildman–Crippen MR) is 149 cm³/mol. The maximum absolute atomic E-state index is 13.8. The molecule has 0 bridgehead atoms. The average Bonchev–Trinajstić information content (AvgIpc) is 3.25. The number of aromatic nitrogens is 1. The molecule has 1 aliphatic heterocycles. The number of H-pyrrole nitrogens is 1. The molecule has 5 rings (SSSR count). The molecule has 1 aliphatic carbocycles. The van der Waals surface area contributed by atoms with E-state index in [2.05, 4.69) is 35.4 Å². The van der Waals surface area contributed by atoms with Gasteiger partial charge in [0.2, 0.25) is 11.8 Å². The summed E-state index contributed by atoms with van der Waals surface area (Å²) in [6.45, 7) is 1.05. The second-order valence-electron chi connectivity index (χ2n) is 11.1. The number of fused-ring (bicyclic) bond motifs is 3. The minimum Gasteiger partial charge on any atom is -0.358 e. The molecule has 2 amide bonds. The van der Waals surface area contributed by atoms with Gasteiger partial charge in [-0.15, -0.1) is 0 Å². The highest BCUT2D eigenvalue weighted by molar-refractivity contribution is 6.30. The summed E-state index contributed by atoms with van der Waals surface area (Å²) in [4.78, 5) is 33.1. The minimum atomic E-state index is -0.283. The lowest BCUT2D eigenvalue weighted by Crippen LogP contribution is -2.52. The molecule has 2 aliphatic rings. The molecular weight excluding hydrogens is 503 g/mol. The molecule has 38 heavy (non-hydrogen) atoms. The summed E-state index contributed by atoms with van der Waals surface area (Å²) in [5.74, 6) is -0.384. The predicted octanol–water partition coefficient (Wildman–Crippen LogP) is 5.23. The van der Waals surface area contributed by atoms with Crippen LogP contribution in [0.1, 0.15) is 55.3 Å². The molecule has 6 nitrogen and oxygen atoms in total. The van der Waals surface area contributed by atoms with Crippen LogP contribution in [0.2, 0.25) is 5.02 Å². The summed E-state index contributed by atoms with van der Waals surface area (Å²) in [5, 5.41) is 4.76. The van der Waals surface area contributed by atoms with Gasteiger partial charge in [-0.25, -0.2) is 4.39 Å². The van der Waals surface area contributed by atoms with Crippen molar-refractivity contribution in [2.24, 2.45) is 0 Å². The second kappa shape index (κ2) is 11.1. The van der Waals surface area contributed by atoms with E-state index in [1.54, 1.807) is 11.0 Å². The summed E-state index contributed by atoms with van der Waals surface area (Å²) in [6.07, 6.45) is 5.78. The number of halogens is 2. The molecule has 0 spiro atoms. The number of hydrogen-bond acceptors (Lipinski definition) is 3. The van der Waals surface area contributed by atoms with Crippen molar-refractivity contribution in [3.8, 4) is 0 Å². The molecular formula is C30H36ClFN4O2. The van der Waals surface area contributed by atoms with E-state index in [1.165, 1.54) is 17.7 Å². The largest absolute Gasteiger partial charge is 0.358 e. The Labute approximate surface area is 228 Å². The van der Waals surface area contributed by atoms with Crippen molar-refractivity contribution < 1.29 is 14.0 Å². The van der Waals surface area contributed by atoms with Crippen LogP contribution in [-0.4, -0.2) is 58.8 Å². The van der Waals surface area contributed by atoms with E-state index in [0.717, 1.165) is 59.3 Å². The van der Waals surface area contributed by atoms with E-state index in [0.29, 0.717) is 19.5 Å². The van der Waals surface area contributed by atoms with Crippen molar-refractivity contribution in [3.63, 3.8) is 0 Å². The maximum atomic E-state index is 13.8. The van der Waals surface area contributed by atoms with Gasteiger partial charge in [-0.3, -0.25) is 9.59 Å². The van der Waals surface area contributed by atoms with Gasteiger partial charge in [-0.2, -0.15) is 0 Å². The molecule has 8 heteroatoms. The SMILES string of the molecule is CN(C)C1(Cc2cccc(Cl)c2)CCC(NC(=O)CCC(=O)N2CCc3[nH]c4ccc(F)cc4c3C2)CC1. The highest BCUT2D eigenvalue weighted by Crippen LogP contribution is 2.36. The number of rotatable bonds is 7. The van der Waals surface area contributed by atoms with Crippen molar-refractivity contribution in [2.45, 2.75) is 69.5 Å². The van der Waals surface area contributed by atoms with Crippen LogP contribution >= 0.6 is 11.6 Å². The molecule has 2 aromatic carbocycles. The van der Waals surface area contributed by atoms with Crippen molar-refractivity contribution in [3.05, 3.63) is 70.1 Å². The minimum absolute atomic E-state index is 0.0339. The molecule has 0 radical (unpaired) electrons. The molecule has 0 saturated heterocycles. The van der Waals surface area contributed by atoms with Crippen LogP contribution in [0.5, 0.6) is 0 Å². The first-order valence-corrected chi connectivity index (χ1v) is 13.9. The Balaban J connectivity index is 1.11. The zero-order valence-corrected chi connectivity index (χ0v) is 22.9. The van der Waals surface area contributed by atoms with E-state index in [1.807, 2.05) is 18.2 Å². The first kappa shape index (κ1) is 26.7. The molecule has 1 saturated carbocycles. The normalized spacial score (nSPS) is 21.5. The Kier molecular flexibility index (Phi) is 7.78. The number of carbonyl (C=O) groups excluding carboxylic acids is 2. The van der Waals surface area contributed by atoms with Gasteiger partial charge in [0.25, 0.3) is 0 Å².